The summed E-state index contributed by atoms with van der Waals surface area (Å²) in [5.74, 6) is -0.0169. The summed E-state index contributed by atoms with van der Waals surface area (Å²) < 4.78 is 0. The molecule has 2 saturated carbocycles. The van der Waals surface area contributed by atoms with Crippen molar-refractivity contribution in [3.05, 3.63) is 23.3 Å². The van der Waals surface area contributed by atoms with Crippen molar-refractivity contribution in [2.24, 2.45) is 29.1 Å². The fourth-order valence-electron chi connectivity index (χ4n) is 6.20. The van der Waals surface area contributed by atoms with Gasteiger partial charge in [0.15, 0.2) is 5.78 Å². The van der Waals surface area contributed by atoms with E-state index in [9.17, 15) is 20.1 Å². The number of hydrogen-bond acceptors (Lipinski definition) is 4. The summed E-state index contributed by atoms with van der Waals surface area (Å²) in [4.78, 5) is 12.9. The van der Waals surface area contributed by atoms with Gasteiger partial charge in [-0.3, -0.25) is 4.79 Å². The van der Waals surface area contributed by atoms with E-state index in [1.165, 1.54) is 6.92 Å². The van der Waals surface area contributed by atoms with Gasteiger partial charge in [-0.15, -0.1) is 0 Å². The number of ketones is 1. The van der Waals surface area contributed by atoms with Crippen molar-refractivity contribution in [2.45, 2.75) is 64.3 Å². The molecule has 0 amide bonds. The fourth-order valence-corrected chi connectivity index (χ4v) is 6.20. The highest BCUT2D eigenvalue weighted by atomic mass is 16.3. The quantitative estimate of drug-likeness (QED) is 0.593. The zero-order valence-corrected chi connectivity index (χ0v) is 15.0. The smallest absolute Gasteiger partial charge is 0.191 e. The number of aliphatic hydroxyl groups excluding tert-OH is 1. The SMILES string of the molecule is C=C1CCC2C(C3C1C1=C(CC(C)(O)C1=O)C(O)C3(C)O)C2(C)C. The average molecular weight is 332 g/mol. The molecular formula is C20H28O4. The van der Waals surface area contributed by atoms with Gasteiger partial charge in [0.1, 0.15) is 11.7 Å². The van der Waals surface area contributed by atoms with Crippen LogP contribution in [0, 0.1) is 29.1 Å². The number of rotatable bonds is 0. The number of carbonyl (C=O) groups excluding carboxylic acids is 1. The van der Waals surface area contributed by atoms with E-state index in [-0.39, 0.29) is 35.4 Å². The Bertz CT molecular complexity index is 682. The summed E-state index contributed by atoms with van der Waals surface area (Å²) >= 11 is 0. The van der Waals surface area contributed by atoms with Crippen LogP contribution < -0.4 is 0 Å². The lowest BCUT2D eigenvalue weighted by molar-refractivity contribution is -0.131. The maximum atomic E-state index is 12.9. The number of fused-ring (bicyclic) bond motifs is 4. The molecule has 7 atom stereocenters. The molecule has 3 N–H and O–H groups in total. The highest BCUT2D eigenvalue weighted by Gasteiger charge is 2.70. The number of carbonyl (C=O) groups is 1. The molecule has 4 aliphatic rings. The molecule has 4 aliphatic carbocycles. The van der Waals surface area contributed by atoms with Crippen molar-refractivity contribution >= 4 is 5.78 Å². The average Bonchev–Trinajstić information content (AvgIpc) is 2.97. The monoisotopic (exact) mass is 332 g/mol. The van der Waals surface area contributed by atoms with Crippen LogP contribution in [0.2, 0.25) is 0 Å². The molecule has 7 unspecified atom stereocenters. The Balaban J connectivity index is 1.91. The predicted molar refractivity (Wildman–Crippen MR) is 90.0 cm³/mol. The van der Waals surface area contributed by atoms with Gasteiger partial charge in [-0.25, -0.2) is 0 Å². The van der Waals surface area contributed by atoms with Crippen molar-refractivity contribution in [1.82, 2.24) is 0 Å². The van der Waals surface area contributed by atoms with Gasteiger partial charge in [0.2, 0.25) is 0 Å². The van der Waals surface area contributed by atoms with Crippen molar-refractivity contribution in [3.8, 4) is 0 Å². The molecule has 24 heavy (non-hydrogen) atoms. The van der Waals surface area contributed by atoms with Crippen LogP contribution in [0.1, 0.15) is 47.0 Å². The van der Waals surface area contributed by atoms with E-state index < -0.39 is 17.3 Å². The third-order valence-corrected chi connectivity index (χ3v) is 7.59. The van der Waals surface area contributed by atoms with Gasteiger partial charge < -0.3 is 15.3 Å². The van der Waals surface area contributed by atoms with Crippen LogP contribution >= 0.6 is 0 Å². The van der Waals surface area contributed by atoms with Gasteiger partial charge in [0, 0.05) is 23.8 Å². The molecule has 4 rings (SSSR count). The Morgan fingerprint density at radius 3 is 2.38 bits per heavy atom. The second kappa shape index (κ2) is 4.40. The number of hydrogen-bond donors (Lipinski definition) is 3. The van der Waals surface area contributed by atoms with Crippen LogP contribution in [0.5, 0.6) is 0 Å². The van der Waals surface area contributed by atoms with Gasteiger partial charge in [0.05, 0.1) is 5.60 Å². The second-order valence-electron chi connectivity index (χ2n) is 9.50. The van der Waals surface area contributed by atoms with E-state index in [2.05, 4.69) is 20.4 Å². The zero-order chi connectivity index (χ0) is 17.8. The summed E-state index contributed by atoms with van der Waals surface area (Å²) in [5.41, 5.74) is -0.661. The molecular weight excluding hydrogens is 304 g/mol. The maximum absolute atomic E-state index is 12.9. The Labute approximate surface area is 143 Å². The van der Waals surface area contributed by atoms with Crippen molar-refractivity contribution in [3.63, 3.8) is 0 Å². The largest absolute Gasteiger partial charge is 0.387 e. The standard InChI is InChI=1S/C20H28O4/c1-9-6-7-11-14(18(11,2)3)15-12(9)13-10(16(21)20(15,5)24)8-19(4,23)17(13)22/h11-12,14-16,21,23-24H,1,6-8H2,2-5H3. The molecule has 0 aromatic carbocycles. The van der Waals surface area contributed by atoms with E-state index in [1.807, 2.05) is 0 Å². The van der Waals surface area contributed by atoms with Gasteiger partial charge in [-0.1, -0.05) is 26.0 Å². The van der Waals surface area contributed by atoms with Crippen LogP contribution in [0.25, 0.3) is 0 Å². The summed E-state index contributed by atoms with van der Waals surface area (Å²) in [7, 11) is 0. The first-order valence-electron chi connectivity index (χ1n) is 9.00. The van der Waals surface area contributed by atoms with Crippen LogP contribution in [0.3, 0.4) is 0 Å². The molecule has 4 heteroatoms. The summed E-state index contributed by atoms with van der Waals surface area (Å²) in [5, 5.41) is 32.7. The normalized spacial score (nSPS) is 52.5. The van der Waals surface area contributed by atoms with Crippen molar-refractivity contribution in [1.29, 1.82) is 0 Å². The van der Waals surface area contributed by atoms with Gasteiger partial charge in [-0.2, -0.15) is 0 Å². The summed E-state index contributed by atoms with van der Waals surface area (Å²) in [6, 6.07) is 0. The van der Waals surface area contributed by atoms with E-state index >= 15 is 0 Å². The van der Waals surface area contributed by atoms with Gasteiger partial charge in [-0.05, 0) is 49.5 Å². The van der Waals surface area contributed by atoms with E-state index in [0.29, 0.717) is 17.1 Å². The van der Waals surface area contributed by atoms with E-state index in [4.69, 9.17) is 0 Å². The lowest BCUT2D eigenvalue weighted by Gasteiger charge is -2.47. The van der Waals surface area contributed by atoms with Crippen molar-refractivity contribution < 1.29 is 20.1 Å². The minimum absolute atomic E-state index is 0.104. The van der Waals surface area contributed by atoms with Crippen LogP contribution in [-0.2, 0) is 4.79 Å². The van der Waals surface area contributed by atoms with Crippen molar-refractivity contribution in [2.75, 3.05) is 0 Å². The van der Waals surface area contributed by atoms with Crippen LogP contribution in [0.15, 0.2) is 23.3 Å². The maximum Gasteiger partial charge on any atom is 0.191 e. The molecule has 0 spiro atoms. The van der Waals surface area contributed by atoms with E-state index in [0.717, 1.165) is 18.4 Å². The molecule has 0 saturated heterocycles. The van der Waals surface area contributed by atoms with Crippen LogP contribution in [0.4, 0.5) is 0 Å². The summed E-state index contributed by atoms with van der Waals surface area (Å²) in [6.07, 6.45) is 0.856. The number of allylic oxidation sites excluding steroid dienone is 1. The van der Waals surface area contributed by atoms with Crippen LogP contribution in [-0.4, -0.2) is 38.4 Å². The Hall–Kier alpha value is -0.970. The highest BCUT2D eigenvalue weighted by molar-refractivity contribution is 6.06. The summed E-state index contributed by atoms with van der Waals surface area (Å²) in [6.45, 7) is 11.9. The Morgan fingerprint density at radius 2 is 1.75 bits per heavy atom. The molecule has 2 fully saturated rings. The van der Waals surface area contributed by atoms with Gasteiger partial charge >= 0.3 is 0 Å². The predicted octanol–water partition coefficient (Wildman–Crippen LogP) is 1.99. The first kappa shape index (κ1) is 16.5. The highest BCUT2D eigenvalue weighted by Crippen LogP contribution is 2.71. The lowest BCUT2D eigenvalue weighted by atomic mass is 9.61. The molecule has 4 nitrogen and oxygen atoms in total. The third kappa shape index (κ3) is 1.77. The first-order valence-corrected chi connectivity index (χ1v) is 9.00. The third-order valence-electron chi connectivity index (χ3n) is 7.59. The fraction of sp³-hybridized carbons (Fsp3) is 0.750. The Morgan fingerprint density at radius 1 is 1.12 bits per heavy atom. The molecule has 0 aliphatic heterocycles. The number of Topliss-reactive ketones (excluding diaryl/α,β-unsaturated/α-hetero) is 1. The zero-order valence-electron chi connectivity index (χ0n) is 15.0. The molecule has 0 bridgehead atoms. The second-order valence-corrected chi connectivity index (χ2v) is 9.50. The number of aliphatic hydroxyl groups is 3. The lowest BCUT2D eigenvalue weighted by Crippen LogP contribution is -2.55. The first-order chi connectivity index (χ1) is 10.9. The topological polar surface area (TPSA) is 77.8 Å². The molecule has 0 heterocycles. The van der Waals surface area contributed by atoms with E-state index in [1.54, 1.807) is 6.92 Å². The molecule has 0 radical (unpaired) electrons. The minimum Gasteiger partial charge on any atom is -0.387 e. The minimum atomic E-state index is -1.48. The Kier molecular flexibility index (Phi) is 3.03. The van der Waals surface area contributed by atoms with Gasteiger partial charge in [0.25, 0.3) is 0 Å². The molecule has 0 aromatic heterocycles. The molecule has 132 valence electrons. The molecule has 0 aromatic rings.